The number of rotatable bonds is 4. The minimum atomic E-state index is -3.93. The number of sulfonamides is 1. The first-order chi connectivity index (χ1) is 10.3. The van der Waals surface area contributed by atoms with E-state index in [4.69, 9.17) is 16.7 Å². The van der Waals surface area contributed by atoms with Crippen LogP contribution in [0.25, 0.3) is 0 Å². The minimum Gasteiger partial charge on any atom is -0.348 e. The molecular weight excluding hydrogens is 331 g/mol. The lowest BCUT2D eigenvalue weighted by Crippen LogP contribution is -2.23. The number of nitrogens with two attached hydrogens (primary N) is 1. The highest BCUT2D eigenvalue weighted by atomic mass is 35.5. The first kappa shape index (κ1) is 16.4. The summed E-state index contributed by atoms with van der Waals surface area (Å²) in [6.07, 6.45) is 0. The number of carbonyl (C=O) groups is 1. The van der Waals surface area contributed by atoms with Crippen LogP contribution in [-0.4, -0.2) is 14.3 Å². The van der Waals surface area contributed by atoms with E-state index in [-0.39, 0.29) is 27.8 Å². The Hall–Kier alpha value is -1.96. The van der Waals surface area contributed by atoms with Gasteiger partial charge in [-0.1, -0.05) is 23.7 Å². The van der Waals surface area contributed by atoms with Crippen LogP contribution >= 0.6 is 11.6 Å². The predicted molar refractivity (Wildman–Crippen MR) is 80.4 cm³/mol. The molecule has 2 aromatic rings. The highest BCUT2D eigenvalue weighted by molar-refractivity contribution is 7.89. The van der Waals surface area contributed by atoms with Crippen molar-refractivity contribution in [1.82, 2.24) is 5.32 Å². The fourth-order valence-corrected chi connectivity index (χ4v) is 2.48. The van der Waals surface area contributed by atoms with Crippen LogP contribution in [0.4, 0.5) is 4.39 Å². The van der Waals surface area contributed by atoms with E-state index in [2.05, 4.69) is 5.32 Å². The van der Waals surface area contributed by atoms with E-state index in [9.17, 15) is 17.6 Å². The molecule has 0 aliphatic rings. The van der Waals surface area contributed by atoms with Crippen molar-refractivity contribution in [2.75, 3.05) is 0 Å². The van der Waals surface area contributed by atoms with Gasteiger partial charge in [0.05, 0.1) is 15.5 Å². The number of nitrogens with one attached hydrogen (secondary N) is 1. The van der Waals surface area contributed by atoms with Crippen molar-refractivity contribution in [2.45, 2.75) is 11.4 Å². The van der Waals surface area contributed by atoms with Crippen LogP contribution in [0.2, 0.25) is 5.02 Å². The van der Waals surface area contributed by atoms with Crippen LogP contribution < -0.4 is 10.5 Å². The van der Waals surface area contributed by atoms with Gasteiger partial charge in [-0.15, -0.1) is 0 Å². The monoisotopic (exact) mass is 342 g/mol. The smallest absolute Gasteiger partial charge is 0.253 e. The molecule has 5 nitrogen and oxygen atoms in total. The largest absolute Gasteiger partial charge is 0.348 e. The Morgan fingerprint density at radius 1 is 1.18 bits per heavy atom. The zero-order chi connectivity index (χ0) is 16.3. The minimum absolute atomic E-state index is 0.00435. The number of hydrogen-bond acceptors (Lipinski definition) is 3. The van der Waals surface area contributed by atoms with Crippen LogP contribution in [0.1, 0.15) is 15.9 Å². The summed E-state index contributed by atoms with van der Waals surface area (Å²) in [5, 5.41) is 7.69. The first-order valence-corrected chi connectivity index (χ1v) is 8.05. The molecule has 0 atom stereocenters. The van der Waals surface area contributed by atoms with Gasteiger partial charge in [-0.3, -0.25) is 4.79 Å². The second-order valence-corrected chi connectivity index (χ2v) is 6.46. The normalized spacial score (nSPS) is 11.2. The van der Waals surface area contributed by atoms with Gasteiger partial charge in [0.15, 0.2) is 0 Å². The van der Waals surface area contributed by atoms with Crippen molar-refractivity contribution in [2.24, 2.45) is 5.14 Å². The third-order valence-corrected chi connectivity index (χ3v) is 4.12. The number of benzene rings is 2. The average Bonchev–Trinajstić information content (AvgIpc) is 2.45. The second-order valence-electron chi connectivity index (χ2n) is 4.50. The number of hydrogen-bond donors (Lipinski definition) is 2. The van der Waals surface area contributed by atoms with E-state index >= 15 is 0 Å². The van der Waals surface area contributed by atoms with Gasteiger partial charge in [0.2, 0.25) is 10.0 Å². The summed E-state index contributed by atoms with van der Waals surface area (Å²) in [7, 11) is -3.93. The summed E-state index contributed by atoms with van der Waals surface area (Å²) in [5.41, 5.74) is 0.684. The molecule has 0 spiro atoms. The molecule has 22 heavy (non-hydrogen) atoms. The van der Waals surface area contributed by atoms with E-state index in [0.29, 0.717) is 5.56 Å². The SMILES string of the molecule is NS(=O)(=O)c1ccc(Cl)c(C(=O)NCc2ccc(F)cc2)c1. The molecule has 0 heterocycles. The van der Waals surface area contributed by atoms with E-state index < -0.39 is 15.9 Å². The Balaban J connectivity index is 2.17. The Morgan fingerprint density at radius 2 is 1.82 bits per heavy atom. The highest BCUT2D eigenvalue weighted by Gasteiger charge is 2.15. The lowest BCUT2D eigenvalue weighted by molar-refractivity contribution is 0.0951. The number of halogens is 2. The van der Waals surface area contributed by atoms with Gasteiger partial charge in [-0.25, -0.2) is 17.9 Å². The van der Waals surface area contributed by atoms with Crippen molar-refractivity contribution in [1.29, 1.82) is 0 Å². The standard InChI is InChI=1S/C14H12ClFN2O3S/c15-13-6-5-11(22(17,20)21)7-12(13)14(19)18-8-9-1-3-10(16)4-2-9/h1-7H,8H2,(H,18,19)(H2,17,20,21). The fraction of sp³-hybridized carbons (Fsp3) is 0.0714. The van der Waals surface area contributed by atoms with Crippen molar-refractivity contribution >= 4 is 27.5 Å². The summed E-state index contributed by atoms with van der Waals surface area (Å²) in [5.74, 6) is -0.932. The molecule has 8 heteroatoms. The van der Waals surface area contributed by atoms with Gasteiger partial charge in [-0.05, 0) is 35.9 Å². The Bertz CT molecular complexity index is 807. The fourth-order valence-electron chi connectivity index (χ4n) is 1.74. The second kappa shape index (κ2) is 6.43. The molecule has 1 amide bonds. The van der Waals surface area contributed by atoms with E-state index in [1.165, 1.54) is 36.4 Å². The van der Waals surface area contributed by atoms with Crippen LogP contribution in [0, 0.1) is 5.82 Å². The zero-order valence-corrected chi connectivity index (χ0v) is 12.8. The summed E-state index contributed by atoms with van der Waals surface area (Å²) in [6.45, 7) is 0.148. The molecule has 0 aliphatic heterocycles. The highest BCUT2D eigenvalue weighted by Crippen LogP contribution is 2.20. The number of primary sulfonamides is 1. The lowest BCUT2D eigenvalue weighted by Gasteiger charge is -2.08. The van der Waals surface area contributed by atoms with Gasteiger partial charge in [0.1, 0.15) is 5.82 Å². The quantitative estimate of drug-likeness (QED) is 0.891. The Morgan fingerprint density at radius 3 is 2.41 bits per heavy atom. The van der Waals surface area contributed by atoms with Crippen LogP contribution in [0.3, 0.4) is 0 Å². The molecule has 0 aliphatic carbocycles. The van der Waals surface area contributed by atoms with Crippen molar-refractivity contribution in [3.63, 3.8) is 0 Å². The maximum atomic E-state index is 12.8. The van der Waals surface area contributed by atoms with Gasteiger partial charge in [0.25, 0.3) is 5.91 Å². The van der Waals surface area contributed by atoms with E-state index in [1.54, 1.807) is 0 Å². The molecule has 116 valence electrons. The molecule has 0 bridgehead atoms. The summed E-state index contributed by atoms with van der Waals surface area (Å²) < 4.78 is 35.4. The van der Waals surface area contributed by atoms with Crippen molar-refractivity contribution < 1.29 is 17.6 Å². The maximum Gasteiger partial charge on any atom is 0.253 e. The summed E-state index contributed by atoms with van der Waals surface area (Å²) in [4.78, 5) is 11.9. The van der Waals surface area contributed by atoms with Gasteiger partial charge in [-0.2, -0.15) is 0 Å². The molecular formula is C14H12ClFN2O3S. The molecule has 2 rings (SSSR count). The topological polar surface area (TPSA) is 89.3 Å². The van der Waals surface area contributed by atoms with Gasteiger partial charge >= 0.3 is 0 Å². The molecule has 2 aromatic carbocycles. The lowest BCUT2D eigenvalue weighted by atomic mass is 10.2. The first-order valence-electron chi connectivity index (χ1n) is 6.12. The van der Waals surface area contributed by atoms with E-state index in [0.717, 1.165) is 6.07 Å². The Labute approximate surface area is 131 Å². The number of amides is 1. The molecule has 0 aromatic heterocycles. The maximum absolute atomic E-state index is 12.8. The van der Waals surface area contributed by atoms with Crippen LogP contribution in [0.5, 0.6) is 0 Å². The van der Waals surface area contributed by atoms with Crippen molar-refractivity contribution in [3.8, 4) is 0 Å². The third-order valence-electron chi connectivity index (χ3n) is 2.88. The third kappa shape index (κ3) is 4.03. The number of carbonyl (C=O) groups excluding carboxylic acids is 1. The summed E-state index contributed by atoms with van der Waals surface area (Å²) >= 11 is 5.90. The molecule has 0 radical (unpaired) electrons. The van der Waals surface area contributed by atoms with Crippen molar-refractivity contribution in [3.05, 3.63) is 64.4 Å². The average molecular weight is 343 g/mol. The molecule has 0 saturated carbocycles. The van der Waals surface area contributed by atoms with Gasteiger partial charge in [0, 0.05) is 6.54 Å². The van der Waals surface area contributed by atoms with E-state index in [1.807, 2.05) is 0 Å². The molecule has 3 N–H and O–H groups in total. The molecule has 0 saturated heterocycles. The van der Waals surface area contributed by atoms with Gasteiger partial charge < -0.3 is 5.32 Å². The molecule has 0 unspecified atom stereocenters. The summed E-state index contributed by atoms with van der Waals surface area (Å²) in [6, 6.07) is 9.21. The molecule has 0 fully saturated rings. The van der Waals surface area contributed by atoms with Crippen LogP contribution in [-0.2, 0) is 16.6 Å². The zero-order valence-electron chi connectivity index (χ0n) is 11.2. The Kier molecular flexibility index (Phi) is 4.80. The predicted octanol–water partition coefficient (Wildman–Crippen LogP) is 2.06. The van der Waals surface area contributed by atoms with Crippen LogP contribution in [0.15, 0.2) is 47.4 Å².